The number of rotatable bonds is 9. The van der Waals surface area contributed by atoms with Gasteiger partial charge in [-0.15, -0.1) is 0 Å². The van der Waals surface area contributed by atoms with Crippen LogP contribution in [-0.2, 0) is 19.1 Å². The minimum Gasteiger partial charge on any atom is -0.475 e. The van der Waals surface area contributed by atoms with Crippen LogP contribution in [0.1, 0.15) is 36.2 Å². The lowest BCUT2D eigenvalue weighted by molar-refractivity contribution is -0.146. The van der Waals surface area contributed by atoms with E-state index >= 15 is 0 Å². The number of halogens is 1. The van der Waals surface area contributed by atoms with Crippen LogP contribution in [0.5, 0.6) is 5.88 Å². The summed E-state index contributed by atoms with van der Waals surface area (Å²) in [6.45, 7) is 1.73. The second kappa shape index (κ2) is 12.6. The van der Waals surface area contributed by atoms with Crippen molar-refractivity contribution in [2.24, 2.45) is 5.92 Å². The van der Waals surface area contributed by atoms with Crippen molar-refractivity contribution in [2.45, 2.75) is 31.7 Å². The van der Waals surface area contributed by atoms with Crippen molar-refractivity contribution >= 4 is 51.8 Å². The molecule has 1 saturated heterocycles. The summed E-state index contributed by atoms with van der Waals surface area (Å²) < 4.78 is 22.0. The van der Waals surface area contributed by atoms with Crippen LogP contribution >= 0.6 is 11.6 Å². The van der Waals surface area contributed by atoms with Crippen LogP contribution in [0, 0.1) is 5.92 Å². The Morgan fingerprint density at radius 2 is 1.95 bits per heavy atom. The molecule has 0 bridgehead atoms. The first-order valence-corrected chi connectivity index (χ1v) is 13.5. The van der Waals surface area contributed by atoms with Crippen molar-refractivity contribution in [1.29, 1.82) is 0 Å². The van der Waals surface area contributed by atoms with Crippen molar-refractivity contribution in [3.8, 4) is 5.88 Å². The number of nitrogens with one attached hydrogen (secondary N) is 2. The van der Waals surface area contributed by atoms with Gasteiger partial charge in [-0.1, -0.05) is 11.6 Å². The minimum absolute atomic E-state index is 0.0108. The van der Waals surface area contributed by atoms with E-state index in [2.05, 4.69) is 20.6 Å². The smallest absolute Gasteiger partial charge is 0.294 e. The molecule has 13 heteroatoms. The molecule has 12 nitrogen and oxygen atoms in total. The number of aromatic nitrogens is 2. The Bertz CT molecular complexity index is 1370. The minimum atomic E-state index is -0.612. The third-order valence-corrected chi connectivity index (χ3v) is 7.27. The fourth-order valence-corrected chi connectivity index (χ4v) is 5.15. The molecule has 2 aliphatic rings. The fourth-order valence-electron chi connectivity index (χ4n) is 5.04. The lowest BCUT2D eigenvalue weighted by atomic mass is 9.84. The number of fused-ring (bicyclic) bond motifs is 1. The number of furan rings is 1. The van der Waals surface area contributed by atoms with Crippen molar-refractivity contribution in [1.82, 2.24) is 14.9 Å². The quantitative estimate of drug-likeness (QED) is 0.368. The van der Waals surface area contributed by atoms with E-state index in [1.165, 1.54) is 12.4 Å². The summed E-state index contributed by atoms with van der Waals surface area (Å²) in [5, 5.41) is 6.39. The fraction of sp³-hybridized carbons (Fsp3) is 0.444. The summed E-state index contributed by atoms with van der Waals surface area (Å²) >= 11 is 5.91. The molecule has 0 aromatic carbocycles. The SMILES string of the molecule is COCCOc1nccc2oc(C(=O)Nc3ccc(Cl)cn3)c(NC(=O)[C@H]3CC[C@H](N4CCOCC4=O)CC3)c12. The van der Waals surface area contributed by atoms with Crippen molar-refractivity contribution in [3.63, 3.8) is 0 Å². The summed E-state index contributed by atoms with van der Waals surface area (Å²) in [5.74, 6) is -0.829. The van der Waals surface area contributed by atoms with Gasteiger partial charge in [0.2, 0.25) is 23.5 Å². The molecule has 1 aliphatic carbocycles. The first-order chi connectivity index (χ1) is 19.4. The molecule has 4 heterocycles. The molecule has 1 saturated carbocycles. The maximum absolute atomic E-state index is 13.5. The highest BCUT2D eigenvalue weighted by Gasteiger charge is 2.34. The van der Waals surface area contributed by atoms with E-state index in [0.717, 1.165) is 0 Å². The topological polar surface area (TPSA) is 145 Å². The van der Waals surface area contributed by atoms with E-state index in [1.807, 2.05) is 4.90 Å². The van der Waals surface area contributed by atoms with Gasteiger partial charge in [0.1, 0.15) is 35.7 Å². The maximum atomic E-state index is 13.5. The number of carbonyl (C=O) groups excluding carboxylic acids is 3. The predicted molar refractivity (Wildman–Crippen MR) is 145 cm³/mol. The zero-order valence-electron chi connectivity index (χ0n) is 22.0. The molecule has 2 fully saturated rings. The van der Waals surface area contributed by atoms with Crippen LogP contribution in [0.25, 0.3) is 11.0 Å². The van der Waals surface area contributed by atoms with E-state index in [4.69, 9.17) is 30.2 Å². The predicted octanol–water partition coefficient (Wildman–Crippen LogP) is 3.51. The van der Waals surface area contributed by atoms with Gasteiger partial charge in [-0.05, 0) is 37.8 Å². The normalized spacial score (nSPS) is 19.4. The Balaban J connectivity index is 1.38. The molecule has 0 unspecified atom stereocenters. The Labute approximate surface area is 235 Å². The van der Waals surface area contributed by atoms with Crippen LogP contribution in [0.3, 0.4) is 0 Å². The van der Waals surface area contributed by atoms with Gasteiger partial charge in [0.25, 0.3) is 5.91 Å². The second-order valence-corrected chi connectivity index (χ2v) is 10.0. The average molecular weight is 572 g/mol. The van der Waals surface area contributed by atoms with E-state index in [0.29, 0.717) is 61.4 Å². The van der Waals surface area contributed by atoms with Crippen LogP contribution < -0.4 is 15.4 Å². The number of anilines is 2. The molecule has 0 atom stereocenters. The number of hydrogen-bond acceptors (Lipinski definition) is 9. The van der Waals surface area contributed by atoms with Crippen LogP contribution in [-0.4, -0.2) is 78.7 Å². The third kappa shape index (κ3) is 6.19. The number of methoxy groups -OCH3 is 1. The zero-order chi connectivity index (χ0) is 28.1. The van der Waals surface area contributed by atoms with E-state index in [-0.39, 0.29) is 60.1 Å². The summed E-state index contributed by atoms with van der Waals surface area (Å²) in [6, 6.07) is 4.83. The molecule has 5 rings (SSSR count). The van der Waals surface area contributed by atoms with Crippen molar-refractivity contribution in [2.75, 3.05) is 50.7 Å². The second-order valence-electron chi connectivity index (χ2n) is 9.59. The monoisotopic (exact) mass is 571 g/mol. The Hall–Kier alpha value is -3.74. The summed E-state index contributed by atoms with van der Waals surface area (Å²) in [5.41, 5.74) is 0.485. The van der Waals surface area contributed by atoms with E-state index in [9.17, 15) is 14.4 Å². The largest absolute Gasteiger partial charge is 0.475 e. The molecule has 3 aromatic heterocycles. The first kappa shape index (κ1) is 27.8. The van der Waals surface area contributed by atoms with Crippen LogP contribution in [0.15, 0.2) is 35.0 Å². The van der Waals surface area contributed by atoms with Crippen LogP contribution in [0.2, 0.25) is 5.02 Å². The lowest BCUT2D eigenvalue weighted by Gasteiger charge is -2.38. The molecule has 0 radical (unpaired) electrons. The van der Waals surface area contributed by atoms with Crippen LogP contribution in [0.4, 0.5) is 11.5 Å². The molecule has 0 spiro atoms. The lowest BCUT2D eigenvalue weighted by Crippen LogP contribution is -2.49. The van der Waals surface area contributed by atoms with Crippen molar-refractivity contribution < 1.29 is 33.0 Å². The van der Waals surface area contributed by atoms with Gasteiger partial charge >= 0.3 is 0 Å². The molecule has 3 aromatic rings. The van der Waals surface area contributed by atoms with Gasteiger partial charge in [0, 0.05) is 44.1 Å². The highest BCUT2D eigenvalue weighted by molar-refractivity contribution is 6.30. The molecule has 1 aliphatic heterocycles. The average Bonchev–Trinajstić information content (AvgIpc) is 3.34. The zero-order valence-corrected chi connectivity index (χ0v) is 22.7. The maximum Gasteiger partial charge on any atom is 0.294 e. The third-order valence-electron chi connectivity index (χ3n) is 7.05. The number of nitrogens with zero attached hydrogens (tertiary/aromatic N) is 3. The Morgan fingerprint density at radius 1 is 1.12 bits per heavy atom. The number of amides is 3. The van der Waals surface area contributed by atoms with Gasteiger partial charge in [-0.3, -0.25) is 14.4 Å². The Kier molecular flexibility index (Phi) is 8.78. The molecular formula is C27H30ClN5O7. The summed E-state index contributed by atoms with van der Waals surface area (Å²) in [6.07, 6.45) is 5.52. The molecule has 40 heavy (non-hydrogen) atoms. The van der Waals surface area contributed by atoms with Gasteiger partial charge in [-0.25, -0.2) is 9.97 Å². The van der Waals surface area contributed by atoms with Gasteiger partial charge in [-0.2, -0.15) is 0 Å². The van der Waals surface area contributed by atoms with Gasteiger partial charge in [0.05, 0.1) is 18.2 Å². The number of ether oxygens (including phenoxy) is 3. The summed E-state index contributed by atoms with van der Waals surface area (Å²) in [7, 11) is 1.55. The van der Waals surface area contributed by atoms with E-state index in [1.54, 1.807) is 25.3 Å². The summed E-state index contributed by atoms with van der Waals surface area (Å²) in [4.78, 5) is 49.3. The van der Waals surface area contributed by atoms with Gasteiger partial charge < -0.3 is 34.2 Å². The number of pyridine rings is 2. The molecule has 3 amide bonds. The standard InChI is InChI=1S/C27H30ClN5O7/c1-37-12-13-39-27-22-19(8-9-29-27)40-24(26(36)31-20-7-4-17(28)14-30-20)23(22)32-25(35)16-2-5-18(6-3-16)33-10-11-38-15-21(33)34/h4,7-9,14,16,18H,2-3,5-6,10-13,15H2,1H3,(H,32,35)(H,30,31,36)/t16-,18-. The highest BCUT2D eigenvalue weighted by atomic mass is 35.5. The molecule has 212 valence electrons. The number of carbonyl (C=O) groups is 3. The number of hydrogen-bond donors (Lipinski definition) is 2. The Morgan fingerprint density at radius 3 is 2.67 bits per heavy atom. The molecular weight excluding hydrogens is 542 g/mol. The van der Waals surface area contributed by atoms with Crippen molar-refractivity contribution in [3.05, 3.63) is 41.4 Å². The molecule has 2 N–H and O–H groups in total. The van der Waals surface area contributed by atoms with E-state index < -0.39 is 5.91 Å². The first-order valence-electron chi connectivity index (χ1n) is 13.1. The number of morpholine rings is 1. The highest BCUT2D eigenvalue weighted by Crippen LogP contribution is 2.38. The van der Waals surface area contributed by atoms with Gasteiger partial charge in [0.15, 0.2) is 0 Å².